The Bertz CT molecular complexity index is 1090. The summed E-state index contributed by atoms with van der Waals surface area (Å²) >= 11 is 1.37. The van der Waals surface area contributed by atoms with Crippen LogP contribution in [-0.2, 0) is 4.79 Å². The van der Waals surface area contributed by atoms with E-state index >= 15 is 0 Å². The van der Waals surface area contributed by atoms with E-state index in [2.05, 4.69) is 10.3 Å². The van der Waals surface area contributed by atoms with Gasteiger partial charge in [0.1, 0.15) is 10.9 Å². The van der Waals surface area contributed by atoms with Crippen molar-refractivity contribution in [1.29, 1.82) is 0 Å². The number of aryl methyl sites for hydroxylation is 3. The zero-order chi connectivity index (χ0) is 22.7. The highest BCUT2D eigenvalue weighted by molar-refractivity contribution is 7.13. The van der Waals surface area contributed by atoms with Crippen molar-refractivity contribution in [3.8, 4) is 0 Å². The van der Waals surface area contributed by atoms with Crippen LogP contribution >= 0.6 is 11.3 Å². The SMILES string of the molecule is Cc1ccc(N(C(=O)c2sc(C)nc2C)[C@@H](C(=O)NC2CCCC2)c2ccccc2)cc1. The van der Waals surface area contributed by atoms with Crippen LogP contribution < -0.4 is 10.2 Å². The van der Waals surface area contributed by atoms with E-state index in [1.165, 1.54) is 11.3 Å². The number of rotatable bonds is 6. The minimum absolute atomic E-state index is 0.143. The molecule has 1 saturated carbocycles. The summed E-state index contributed by atoms with van der Waals surface area (Å²) in [5.41, 5.74) is 3.27. The van der Waals surface area contributed by atoms with E-state index in [9.17, 15) is 9.59 Å². The van der Waals surface area contributed by atoms with Crippen molar-refractivity contribution in [2.24, 2.45) is 0 Å². The van der Waals surface area contributed by atoms with Gasteiger partial charge < -0.3 is 5.32 Å². The predicted molar refractivity (Wildman–Crippen MR) is 129 cm³/mol. The Labute approximate surface area is 193 Å². The lowest BCUT2D eigenvalue weighted by molar-refractivity contribution is -0.123. The Morgan fingerprint density at radius 3 is 2.25 bits per heavy atom. The molecule has 3 aromatic rings. The van der Waals surface area contributed by atoms with E-state index in [1.807, 2.05) is 75.4 Å². The molecule has 0 bridgehead atoms. The normalized spacial score (nSPS) is 14.8. The van der Waals surface area contributed by atoms with E-state index in [0.29, 0.717) is 16.3 Å². The molecule has 0 spiro atoms. The molecule has 0 radical (unpaired) electrons. The van der Waals surface area contributed by atoms with Crippen LogP contribution in [0.4, 0.5) is 5.69 Å². The van der Waals surface area contributed by atoms with Gasteiger partial charge >= 0.3 is 0 Å². The molecule has 4 rings (SSSR count). The fraction of sp³-hybridized carbons (Fsp3) is 0.346. The Kier molecular flexibility index (Phi) is 6.70. The van der Waals surface area contributed by atoms with Crippen LogP contribution in [0.2, 0.25) is 0 Å². The number of nitrogens with zero attached hydrogens (tertiary/aromatic N) is 2. The molecular formula is C26H29N3O2S. The highest BCUT2D eigenvalue weighted by Crippen LogP contribution is 2.32. The van der Waals surface area contributed by atoms with Gasteiger partial charge in [-0.1, -0.05) is 60.9 Å². The molecule has 6 heteroatoms. The summed E-state index contributed by atoms with van der Waals surface area (Å²) in [6, 6.07) is 16.7. The molecule has 0 aliphatic heterocycles. The fourth-order valence-electron chi connectivity index (χ4n) is 4.33. The lowest BCUT2D eigenvalue weighted by Gasteiger charge is -2.32. The summed E-state index contributed by atoms with van der Waals surface area (Å²) in [4.78, 5) is 34.3. The number of benzene rings is 2. The zero-order valence-corrected chi connectivity index (χ0v) is 19.6. The van der Waals surface area contributed by atoms with Gasteiger partial charge in [-0.3, -0.25) is 14.5 Å². The smallest absolute Gasteiger partial charge is 0.271 e. The van der Waals surface area contributed by atoms with Crippen molar-refractivity contribution in [2.75, 3.05) is 4.90 Å². The minimum atomic E-state index is -0.770. The number of aromatic nitrogens is 1. The van der Waals surface area contributed by atoms with Gasteiger partial charge in [0.05, 0.1) is 10.7 Å². The number of carbonyl (C=O) groups is 2. The molecule has 1 aliphatic rings. The average molecular weight is 448 g/mol. The second-order valence-electron chi connectivity index (χ2n) is 8.46. The number of thiazole rings is 1. The van der Waals surface area contributed by atoms with Gasteiger partial charge in [-0.15, -0.1) is 11.3 Å². The largest absolute Gasteiger partial charge is 0.351 e. The highest BCUT2D eigenvalue weighted by Gasteiger charge is 2.36. The number of amides is 2. The van der Waals surface area contributed by atoms with Crippen LogP contribution in [0.25, 0.3) is 0 Å². The number of anilines is 1. The van der Waals surface area contributed by atoms with Crippen molar-refractivity contribution in [1.82, 2.24) is 10.3 Å². The summed E-state index contributed by atoms with van der Waals surface area (Å²) in [5.74, 6) is -0.344. The summed E-state index contributed by atoms with van der Waals surface area (Å²) in [7, 11) is 0. The number of hydrogen-bond donors (Lipinski definition) is 1. The van der Waals surface area contributed by atoms with Gasteiger partial charge in [-0.05, 0) is 51.3 Å². The zero-order valence-electron chi connectivity index (χ0n) is 18.8. The van der Waals surface area contributed by atoms with E-state index in [-0.39, 0.29) is 17.9 Å². The van der Waals surface area contributed by atoms with Gasteiger partial charge in [0.25, 0.3) is 5.91 Å². The molecule has 32 heavy (non-hydrogen) atoms. The predicted octanol–water partition coefficient (Wildman–Crippen LogP) is 5.52. The van der Waals surface area contributed by atoms with Gasteiger partial charge in [-0.25, -0.2) is 4.98 Å². The first-order valence-electron chi connectivity index (χ1n) is 11.1. The lowest BCUT2D eigenvalue weighted by atomic mass is 10.0. The summed E-state index contributed by atoms with van der Waals surface area (Å²) < 4.78 is 0. The quantitative estimate of drug-likeness (QED) is 0.542. The second-order valence-corrected chi connectivity index (χ2v) is 9.66. The molecule has 1 heterocycles. The molecule has 1 N–H and O–H groups in total. The van der Waals surface area contributed by atoms with Gasteiger partial charge in [0.2, 0.25) is 5.91 Å². The molecule has 5 nitrogen and oxygen atoms in total. The molecule has 1 aliphatic carbocycles. The van der Waals surface area contributed by atoms with Crippen LogP contribution in [-0.4, -0.2) is 22.8 Å². The second kappa shape index (κ2) is 9.65. The van der Waals surface area contributed by atoms with Crippen molar-refractivity contribution in [3.63, 3.8) is 0 Å². The average Bonchev–Trinajstić information content (AvgIpc) is 3.41. The van der Waals surface area contributed by atoms with Crippen molar-refractivity contribution in [2.45, 2.75) is 58.5 Å². The van der Waals surface area contributed by atoms with E-state index in [1.54, 1.807) is 4.90 Å². The van der Waals surface area contributed by atoms with E-state index < -0.39 is 6.04 Å². The number of carbonyl (C=O) groups excluding carboxylic acids is 2. The standard InChI is InChI=1S/C26H29N3O2S/c1-17-13-15-22(16-14-17)29(26(31)24-18(2)27-19(3)32-24)23(20-9-5-4-6-10-20)25(30)28-21-11-7-8-12-21/h4-6,9-10,13-16,21,23H,7-8,11-12H2,1-3H3,(H,28,30)/t23-/m1/s1. The van der Waals surface area contributed by atoms with Gasteiger partial charge in [0, 0.05) is 11.7 Å². The number of hydrogen-bond acceptors (Lipinski definition) is 4. The maximum absolute atomic E-state index is 13.9. The molecule has 0 saturated heterocycles. The van der Waals surface area contributed by atoms with E-state index in [0.717, 1.165) is 41.8 Å². The third-order valence-electron chi connectivity index (χ3n) is 5.95. The van der Waals surface area contributed by atoms with Crippen LogP contribution in [0.15, 0.2) is 54.6 Å². The van der Waals surface area contributed by atoms with Crippen LogP contribution in [0, 0.1) is 20.8 Å². The summed E-state index contributed by atoms with van der Waals surface area (Å²) in [6.45, 7) is 5.75. The molecule has 1 aromatic heterocycles. The van der Waals surface area contributed by atoms with Crippen LogP contribution in [0.1, 0.15) is 63.2 Å². The topological polar surface area (TPSA) is 62.3 Å². The highest BCUT2D eigenvalue weighted by atomic mass is 32.1. The Balaban J connectivity index is 1.81. The molecule has 0 unspecified atom stereocenters. The minimum Gasteiger partial charge on any atom is -0.351 e. The van der Waals surface area contributed by atoms with Crippen LogP contribution in [0.5, 0.6) is 0 Å². The first kappa shape index (κ1) is 22.2. The molecule has 2 aromatic carbocycles. The third-order valence-corrected chi connectivity index (χ3v) is 7.01. The third kappa shape index (κ3) is 4.75. The number of nitrogens with one attached hydrogen (secondary N) is 1. The molecule has 2 amide bonds. The van der Waals surface area contributed by atoms with Gasteiger partial charge in [0.15, 0.2) is 0 Å². The van der Waals surface area contributed by atoms with E-state index in [4.69, 9.17) is 0 Å². The molecular weight excluding hydrogens is 418 g/mol. The van der Waals surface area contributed by atoms with Crippen LogP contribution in [0.3, 0.4) is 0 Å². The Morgan fingerprint density at radius 1 is 1.00 bits per heavy atom. The van der Waals surface area contributed by atoms with Crippen molar-refractivity contribution >= 4 is 28.8 Å². The molecule has 1 atom stereocenters. The molecule has 166 valence electrons. The Morgan fingerprint density at radius 2 is 1.66 bits per heavy atom. The molecule has 1 fully saturated rings. The first-order chi connectivity index (χ1) is 15.4. The van der Waals surface area contributed by atoms with Gasteiger partial charge in [-0.2, -0.15) is 0 Å². The first-order valence-corrected chi connectivity index (χ1v) is 12.0. The lowest BCUT2D eigenvalue weighted by Crippen LogP contribution is -2.46. The van der Waals surface area contributed by atoms with Crippen molar-refractivity contribution in [3.05, 3.63) is 81.3 Å². The van der Waals surface area contributed by atoms with Crippen molar-refractivity contribution < 1.29 is 9.59 Å². The Hall–Kier alpha value is -2.99. The summed E-state index contributed by atoms with van der Waals surface area (Å²) in [6.07, 6.45) is 4.22. The monoisotopic (exact) mass is 447 g/mol. The maximum Gasteiger partial charge on any atom is 0.271 e. The fourth-order valence-corrected chi connectivity index (χ4v) is 5.19. The summed E-state index contributed by atoms with van der Waals surface area (Å²) in [5, 5.41) is 4.05. The maximum atomic E-state index is 13.9.